The molecular formula is C32H21Br3ClN3O7. The summed E-state index contributed by atoms with van der Waals surface area (Å²) in [6.07, 6.45) is 1.14. The second-order valence-corrected chi connectivity index (χ2v) is 14.6. The lowest BCUT2D eigenvalue weighted by Crippen LogP contribution is -2.34. The van der Waals surface area contributed by atoms with E-state index in [1.165, 1.54) is 23.1 Å². The van der Waals surface area contributed by atoms with E-state index >= 15 is 0 Å². The summed E-state index contributed by atoms with van der Waals surface area (Å²) in [5, 5.41) is 11.6. The van der Waals surface area contributed by atoms with Crippen LogP contribution >= 0.6 is 59.4 Å². The van der Waals surface area contributed by atoms with Gasteiger partial charge in [-0.05, 0) is 61.4 Å². The summed E-state index contributed by atoms with van der Waals surface area (Å²) in [7, 11) is 0. The Bertz CT molecular complexity index is 1930. The number of ether oxygens (including phenoxy) is 1. The normalized spacial score (nSPS) is 20.9. The fourth-order valence-corrected chi connectivity index (χ4v) is 7.55. The molecule has 234 valence electrons. The number of benzene rings is 3. The minimum Gasteiger partial charge on any atom is -0.454 e. The van der Waals surface area contributed by atoms with Crippen molar-refractivity contribution in [3.8, 4) is 11.3 Å². The molecule has 1 aliphatic heterocycles. The Balaban J connectivity index is 1.26. The molecule has 1 saturated heterocycles. The number of hydrogen-bond acceptors (Lipinski definition) is 8. The fraction of sp³-hybridized carbons (Fsp3) is 0.219. The molecule has 1 saturated carbocycles. The average molecular weight is 835 g/mol. The summed E-state index contributed by atoms with van der Waals surface area (Å²) >= 11 is 16.5. The summed E-state index contributed by atoms with van der Waals surface area (Å²) in [6.45, 7) is -0.662. The van der Waals surface area contributed by atoms with Crippen molar-refractivity contribution in [2.75, 3.05) is 11.5 Å². The molecule has 6 rings (SSSR count). The minimum absolute atomic E-state index is 0.0275. The van der Waals surface area contributed by atoms with Crippen LogP contribution in [0.15, 0.2) is 71.2 Å². The van der Waals surface area contributed by atoms with Crippen molar-refractivity contribution in [2.45, 2.75) is 22.5 Å². The van der Waals surface area contributed by atoms with Crippen molar-refractivity contribution < 1.29 is 28.8 Å². The quantitative estimate of drug-likeness (QED) is 0.0462. The molecule has 2 heterocycles. The van der Waals surface area contributed by atoms with Crippen LogP contribution in [0.25, 0.3) is 22.2 Å². The van der Waals surface area contributed by atoms with Crippen LogP contribution in [-0.4, -0.2) is 49.7 Å². The van der Waals surface area contributed by atoms with Crippen LogP contribution in [0.3, 0.4) is 0 Å². The number of pyridine rings is 1. The predicted octanol–water partition coefficient (Wildman–Crippen LogP) is 7.69. The molecule has 1 aromatic heterocycles. The van der Waals surface area contributed by atoms with E-state index in [-0.39, 0.29) is 49.5 Å². The lowest BCUT2D eigenvalue weighted by molar-refractivity contribution is -0.384. The second-order valence-electron chi connectivity index (χ2n) is 10.9. The molecule has 2 fully saturated rings. The van der Waals surface area contributed by atoms with E-state index in [9.17, 15) is 29.3 Å². The number of amides is 2. The molecule has 0 spiro atoms. The van der Waals surface area contributed by atoms with E-state index < -0.39 is 29.0 Å². The van der Waals surface area contributed by atoms with E-state index in [4.69, 9.17) is 21.3 Å². The zero-order chi connectivity index (χ0) is 32.9. The highest BCUT2D eigenvalue weighted by atomic mass is 79.9. The first-order valence-corrected chi connectivity index (χ1v) is 16.9. The number of Topliss-reactive ketones (excluding diaryl/α,β-unsaturated/α-hetero) is 1. The maximum atomic E-state index is 13.4. The Hall–Kier alpha value is -3.52. The number of imide groups is 1. The highest BCUT2D eigenvalue weighted by Crippen LogP contribution is 2.44. The number of alkyl halides is 2. The van der Waals surface area contributed by atoms with E-state index in [1.54, 1.807) is 42.5 Å². The van der Waals surface area contributed by atoms with Crippen LogP contribution in [-0.2, 0) is 14.3 Å². The molecule has 3 aromatic carbocycles. The highest BCUT2D eigenvalue weighted by molar-refractivity contribution is 9.12. The number of rotatable bonds is 7. The zero-order valence-electron chi connectivity index (χ0n) is 23.5. The van der Waals surface area contributed by atoms with Crippen molar-refractivity contribution in [1.29, 1.82) is 0 Å². The second kappa shape index (κ2) is 12.9. The maximum absolute atomic E-state index is 13.4. The van der Waals surface area contributed by atoms with E-state index in [2.05, 4.69) is 47.8 Å². The topological polar surface area (TPSA) is 137 Å². The SMILES string of the molecule is O=C(COC(=O)c1cc(-c2ccc(N3C(=O)C4CC(Br)C(Br)CC4C3=O)cc2)nc2ccc(Br)cc12)c1ccc(Cl)c([N+](=O)[O-])c1. The van der Waals surface area contributed by atoms with Gasteiger partial charge >= 0.3 is 5.97 Å². The third-order valence-electron chi connectivity index (χ3n) is 8.12. The number of ketones is 1. The van der Waals surface area contributed by atoms with Gasteiger partial charge in [-0.3, -0.25) is 29.4 Å². The molecule has 4 unspecified atom stereocenters. The number of halogens is 4. The first-order chi connectivity index (χ1) is 21.9. The number of nitro groups is 1. The monoisotopic (exact) mass is 831 g/mol. The van der Waals surface area contributed by atoms with Gasteiger partial charge in [-0.15, -0.1) is 0 Å². The Morgan fingerprint density at radius 1 is 0.957 bits per heavy atom. The fourth-order valence-electron chi connectivity index (χ4n) is 5.76. The average Bonchev–Trinajstić information content (AvgIpc) is 3.27. The van der Waals surface area contributed by atoms with Crippen molar-refractivity contribution >= 4 is 105 Å². The largest absolute Gasteiger partial charge is 0.454 e. The molecule has 0 N–H and O–H groups in total. The van der Waals surface area contributed by atoms with Crippen molar-refractivity contribution in [2.24, 2.45) is 11.8 Å². The van der Waals surface area contributed by atoms with E-state index in [1.807, 2.05) is 0 Å². The number of anilines is 1. The summed E-state index contributed by atoms with van der Waals surface area (Å²) in [6, 6.07) is 17.1. The molecular weight excluding hydrogens is 814 g/mol. The number of nitro benzene ring substituents is 1. The van der Waals surface area contributed by atoms with Crippen LogP contribution < -0.4 is 4.90 Å². The number of hydrogen-bond donors (Lipinski definition) is 0. The summed E-state index contributed by atoms with van der Waals surface area (Å²) < 4.78 is 6.05. The van der Waals surface area contributed by atoms with Crippen molar-refractivity contribution in [3.63, 3.8) is 0 Å². The van der Waals surface area contributed by atoms with Gasteiger partial charge in [-0.1, -0.05) is 71.5 Å². The van der Waals surface area contributed by atoms with Gasteiger partial charge in [0.05, 0.1) is 39.2 Å². The Morgan fingerprint density at radius 2 is 1.61 bits per heavy atom. The van der Waals surface area contributed by atoms with Gasteiger partial charge in [-0.25, -0.2) is 9.78 Å². The molecule has 2 amide bonds. The zero-order valence-corrected chi connectivity index (χ0v) is 29.0. The van der Waals surface area contributed by atoms with Gasteiger partial charge < -0.3 is 4.74 Å². The van der Waals surface area contributed by atoms with Gasteiger partial charge in [0.1, 0.15) is 5.02 Å². The Kier molecular flexibility index (Phi) is 9.12. The van der Waals surface area contributed by atoms with Gasteiger partial charge in [0.2, 0.25) is 17.6 Å². The number of esters is 1. The van der Waals surface area contributed by atoms with E-state index in [0.29, 0.717) is 45.2 Å². The van der Waals surface area contributed by atoms with E-state index in [0.717, 1.165) is 6.07 Å². The van der Waals surface area contributed by atoms with Gasteiger partial charge in [0.25, 0.3) is 5.69 Å². The molecule has 46 heavy (non-hydrogen) atoms. The molecule has 14 heteroatoms. The maximum Gasteiger partial charge on any atom is 0.339 e. The van der Waals surface area contributed by atoms with Crippen molar-refractivity contribution in [1.82, 2.24) is 4.98 Å². The first kappa shape index (κ1) is 32.4. The Morgan fingerprint density at radius 3 is 2.24 bits per heavy atom. The van der Waals surface area contributed by atoms with Crippen LogP contribution in [0.4, 0.5) is 11.4 Å². The lowest BCUT2D eigenvalue weighted by atomic mass is 9.81. The number of carbonyl (C=O) groups is 4. The molecule has 2 aliphatic rings. The Labute approximate surface area is 292 Å². The standard InChI is InChI=1S/C32H21Br3ClN3O7/c33-17-4-8-26-19(10-17)22(32(43)46-14-29(40)16-3-7-25(36)28(9-16)39(44)45)13-27(37-26)15-1-5-18(6-2-15)38-30(41)20-11-23(34)24(35)12-21(20)31(38)42/h1-10,13,20-21,23-24H,11-12,14H2. The number of aromatic nitrogens is 1. The lowest BCUT2D eigenvalue weighted by Gasteiger charge is -2.29. The number of fused-ring (bicyclic) bond motifs is 2. The molecule has 4 aromatic rings. The van der Waals surface area contributed by atoms with Crippen LogP contribution in [0.2, 0.25) is 5.02 Å². The van der Waals surface area contributed by atoms with Gasteiger partial charge in [-0.2, -0.15) is 0 Å². The smallest absolute Gasteiger partial charge is 0.339 e. The molecule has 0 bridgehead atoms. The third kappa shape index (κ3) is 6.13. The molecule has 0 radical (unpaired) electrons. The van der Waals surface area contributed by atoms with Crippen LogP contribution in [0.1, 0.15) is 33.6 Å². The highest BCUT2D eigenvalue weighted by Gasteiger charge is 2.52. The number of nitrogens with zero attached hydrogens (tertiary/aromatic N) is 3. The number of carbonyl (C=O) groups excluding carboxylic acids is 4. The molecule has 1 aliphatic carbocycles. The van der Waals surface area contributed by atoms with Crippen LogP contribution in [0, 0.1) is 22.0 Å². The summed E-state index contributed by atoms with van der Waals surface area (Å²) in [5.74, 6) is -2.62. The van der Waals surface area contributed by atoms with Gasteiger partial charge in [0, 0.05) is 36.7 Å². The van der Waals surface area contributed by atoms with Crippen molar-refractivity contribution in [3.05, 3.63) is 97.5 Å². The molecule has 10 nitrogen and oxygen atoms in total. The van der Waals surface area contributed by atoms with Crippen LogP contribution in [0.5, 0.6) is 0 Å². The minimum atomic E-state index is -0.800. The third-order valence-corrected chi connectivity index (χ3v) is 11.7. The summed E-state index contributed by atoms with van der Waals surface area (Å²) in [4.78, 5) is 69.3. The predicted molar refractivity (Wildman–Crippen MR) is 182 cm³/mol. The molecule has 4 atom stereocenters. The van der Waals surface area contributed by atoms with Gasteiger partial charge in [0.15, 0.2) is 6.61 Å². The first-order valence-electron chi connectivity index (χ1n) is 13.9. The summed E-state index contributed by atoms with van der Waals surface area (Å²) in [5.41, 5.74) is 1.66.